The average molecular weight is 540 g/mol. The summed E-state index contributed by atoms with van der Waals surface area (Å²) in [6.45, 7) is 12.0. The van der Waals surface area contributed by atoms with Gasteiger partial charge < -0.3 is 24.4 Å². The summed E-state index contributed by atoms with van der Waals surface area (Å²) < 4.78 is 17.1. The molecule has 2 aromatic rings. The lowest BCUT2D eigenvalue weighted by Gasteiger charge is -2.25. The SMILES string of the molecule is COc1cc(Oc2c(C)cc(C(=O)N[C@@H](C)C(=O)OC(C)(C)C)cc2C)ccc1N(CCCl)CCCl. The van der Waals surface area contributed by atoms with E-state index in [0.29, 0.717) is 47.7 Å². The number of benzene rings is 2. The Morgan fingerprint density at radius 1 is 1.03 bits per heavy atom. The van der Waals surface area contributed by atoms with Gasteiger partial charge in [0.15, 0.2) is 0 Å². The maximum absolute atomic E-state index is 12.8. The standard InChI is InChI=1S/C27H36Cl2N2O5/c1-17-14-20(25(32)30-19(3)26(33)36-27(4,5)6)15-18(2)24(17)35-21-8-9-22(23(16-21)34-7)31(12-10-28)13-11-29/h8-9,14-16,19H,10-13H2,1-7H3,(H,30,32)/t19-/m0/s1. The highest BCUT2D eigenvalue weighted by Crippen LogP contribution is 2.36. The number of aryl methyl sites for hydroxylation is 2. The first-order valence-corrected chi connectivity index (χ1v) is 12.8. The van der Waals surface area contributed by atoms with Crippen LogP contribution in [0, 0.1) is 13.8 Å². The van der Waals surface area contributed by atoms with Gasteiger partial charge in [0.2, 0.25) is 0 Å². The van der Waals surface area contributed by atoms with Crippen LogP contribution in [0.4, 0.5) is 5.69 Å². The van der Waals surface area contributed by atoms with Crippen LogP contribution in [0.15, 0.2) is 30.3 Å². The molecule has 0 aliphatic carbocycles. The molecule has 1 amide bonds. The predicted molar refractivity (Wildman–Crippen MR) is 145 cm³/mol. The fourth-order valence-corrected chi connectivity index (χ4v) is 4.04. The predicted octanol–water partition coefficient (Wildman–Crippen LogP) is 5.85. The number of alkyl halides is 2. The van der Waals surface area contributed by atoms with Crippen LogP contribution < -0.4 is 19.7 Å². The zero-order valence-corrected chi connectivity index (χ0v) is 23.5. The van der Waals surface area contributed by atoms with Gasteiger partial charge in [0.05, 0.1) is 12.8 Å². The van der Waals surface area contributed by atoms with Crippen molar-refractivity contribution in [3.8, 4) is 17.2 Å². The minimum atomic E-state index is -0.781. The summed E-state index contributed by atoms with van der Waals surface area (Å²) in [5, 5.41) is 2.70. The van der Waals surface area contributed by atoms with E-state index in [1.165, 1.54) is 0 Å². The number of ether oxygens (including phenoxy) is 3. The number of methoxy groups -OCH3 is 1. The van der Waals surface area contributed by atoms with Crippen LogP contribution in [0.3, 0.4) is 0 Å². The number of nitrogens with zero attached hydrogens (tertiary/aromatic N) is 1. The number of hydrogen-bond acceptors (Lipinski definition) is 6. The van der Waals surface area contributed by atoms with Crippen molar-refractivity contribution in [2.24, 2.45) is 0 Å². The molecule has 0 saturated carbocycles. The fourth-order valence-electron chi connectivity index (χ4n) is 3.63. The first kappa shape index (κ1) is 29.6. The molecular weight excluding hydrogens is 503 g/mol. The molecule has 198 valence electrons. The van der Waals surface area contributed by atoms with E-state index in [4.69, 9.17) is 37.4 Å². The number of halogens is 2. The first-order valence-electron chi connectivity index (χ1n) is 11.8. The van der Waals surface area contributed by atoms with Crippen molar-refractivity contribution in [1.29, 1.82) is 0 Å². The van der Waals surface area contributed by atoms with Crippen LogP contribution in [0.2, 0.25) is 0 Å². The van der Waals surface area contributed by atoms with Gasteiger partial charge in [0, 0.05) is 36.5 Å². The van der Waals surface area contributed by atoms with Crippen molar-refractivity contribution in [2.45, 2.75) is 53.2 Å². The van der Waals surface area contributed by atoms with Gasteiger partial charge in [-0.25, -0.2) is 4.79 Å². The Labute approximate surface area is 224 Å². The molecule has 0 unspecified atom stereocenters. The van der Waals surface area contributed by atoms with E-state index in [0.717, 1.165) is 16.8 Å². The third-order valence-electron chi connectivity index (χ3n) is 5.25. The quantitative estimate of drug-likeness (QED) is 0.285. The summed E-state index contributed by atoms with van der Waals surface area (Å²) in [7, 11) is 1.60. The average Bonchev–Trinajstić information content (AvgIpc) is 2.79. The summed E-state index contributed by atoms with van der Waals surface area (Å²) in [4.78, 5) is 27.1. The van der Waals surface area contributed by atoms with E-state index in [-0.39, 0.29) is 5.91 Å². The highest BCUT2D eigenvalue weighted by Gasteiger charge is 2.24. The third kappa shape index (κ3) is 8.20. The molecule has 0 spiro atoms. The molecule has 0 aromatic heterocycles. The summed E-state index contributed by atoms with van der Waals surface area (Å²) in [6, 6.07) is 8.26. The topological polar surface area (TPSA) is 77.1 Å². The van der Waals surface area contributed by atoms with Crippen molar-refractivity contribution < 1.29 is 23.8 Å². The van der Waals surface area contributed by atoms with Gasteiger partial charge in [0.1, 0.15) is 28.9 Å². The molecule has 36 heavy (non-hydrogen) atoms. The van der Waals surface area contributed by atoms with Crippen LogP contribution in [-0.2, 0) is 9.53 Å². The zero-order chi connectivity index (χ0) is 27.0. The van der Waals surface area contributed by atoms with Crippen LogP contribution in [0.1, 0.15) is 49.2 Å². The lowest BCUT2D eigenvalue weighted by Crippen LogP contribution is -2.42. The molecule has 2 aromatic carbocycles. The Morgan fingerprint density at radius 2 is 1.61 bits per heavy atom. The molecule has 0 radical (unpaired) electrons. The Kier molecular flexibility index (Phi) is 10.7. The van der Waals surface area contributed by atoms with Crippen molar-refractivity contribution in [2.75, 3.05) is 36.9 Å². The molecule has 7 nitrogen and oxygen atoms in total. The van der Waals surface area contributed by atoms with Gasteiger partial charge in [-0.05, 0) is 76.9 Å². The number of rotatable bonds is 11. The number of esters is 1. The molecule has 0 fully saturated rings. The summed E-state index contributed by atoms with van der Waals surface area (Å²) >= 11 is 11.9. The number of nitrogens with one attached hydrogen (secondary N) is 1. The Morgan fingerprint density at radius 3 is 2.11 bits per heavy atom. The molecule has 1 atom stereocenters. The summed E-state index contributed by atoms with van der Waals surface area (Å²) in [6.07, 6.45) is 0. The number of carbonyl (C=O) groups is 2. The van der Waals surface area contributed by atoms with Crippen molar-refractivity contribution >= 4 is 40.8 Å². The third-order valence-corrected chi connectivity index (χ3v) is 5.59. The number of hydrogen-bond donors (Lipinski definition) is 1. The normalized spacial score (nSPS) is 12.0. The highest BCUT2D eigenvalue weighted by atomic mass is 35.5. The fraction of sp³-hybridized carbons (Fsp3) is 0.481. The van der Waals surface area contributed by atoms with Crippen LogP contribution in [0.5, 0.6) is 17.2 Å². The molecule has 0 bridgehead atoms. The van der Waals surface area contributed by atoms with E-state index < -0.39 is 17.6 Å². The van der Waals surface area contributed by atoms with E-state index in [1.807, 2.05) is 32.0 Å². The van der Waals surface area contributed by atoms with Crippen LogP contribution >= 0.6 is 23.2 Å². The highest BCUT2D eigenvalue weighted by molar-refractivity contribution is 6.18. The summed E-state index contributed by atoms with van der Waals surface area (Å²) in [5.41, 5.74) is 2.23. The molecule has 9 heteroatoms. The van der Waals surface area contributed by atoms with E-state index in [9.17, 15) is 9.59 Å². The molecule has 1 N–H and O–H groups in total. The lowest BCUT2D eigenvalue weighted by molar-refractivity contribution is -0.156. The minimum Gasteiger partial charge on any atom is -0.494 e. The molecule has 0 aliphatic heterocycles. The molecule has 2 rings (SSSR count). The minimum absolute atomic E-state index is 0.365. The Hall–Kier alpha value is -2.64. The second-order valence-electron chi connectivity index (χ2n) is 9.47. The monoisotopic (exact) mass is 538 g/mol. The second-order valence-corrected chi connectivity index (χ2v) is 10.2. The Balaban J connectivity index is 2.22. The first-order chi connectivity index (χ1) is 16.9. The Bertz CT molecular complexity index is 1040. The van der Waals surface area contributed by atoms with E-state index >= 15 is 0 Å². The summed E-state index contributed by atoms with van der Waals surface area (Å²) in [5.74, 6) is 1.95. The molecule has 0 saturated heterocycles. The largest absolute Gasteiger partial charge is 0.494 e. The zero-order valence-electron chi connectivity index (χ0n) is 22.0. The van der Waals surface area contributed by atoms with E-state index in [2.05, 4.69) is 10.2 Å². The van der Waals surface area contributed by atoms with Gasteiger partial charge in [-0.15, -0.1) is 23.2 Å². The van der Waals surface area contributed by atoms with Crippen molar-refractivity contribution in [3.63, 3.8) is 0 Å². The van der Waals surface area contributed by atoms with E-state index in [1.54, 1.807) is 46.9 Å². The van der Waals surface area contributed by atoms with Gasteiger partial charge in [-0.1, -0.05) is 0 Å². The number of amides is 1. The molecule has 0 aliphatic rings. The van der Waals surface area contributed by atoms with Crippen LogP contribution in [-0.4, -0.2) is 55.5 Å². The molecule has 0 heterocycles. The molecular formula is C27H36Cl2N2O5. The second kappa shape index (κ2) is 13.1. The maximum Gasteiger partial charge on any atom is 0.328 e. The van der Waals surface area contributed by atoms with Gasteiger partial charge in [0.25, 0.3) is 5.91 Å². The lowest BCUT2D eigenvalue weighted by atomic mass is 10.0. The van der Waals surface area contributed by atoms with Crippen LogP contribution in [0.25, 0.3) is 0 Å². The van der Waals surface area contributed by atoms with Crippen molar-refractivity contribution in [3.05, 3.63) is 47.0 Å². The van der Waals surface area contributed by atoms with Crippen molar-refractivity contribution in [1.82, 2.24) is 5.32 Å². The number of carbonyl (C=O) groups excluding carboxylic acids is 2. The maximum atomic E-state index is 12.8. The van der Waals surface area contributed by atoms with Gasteiger partial charge >= 0.3 is 5.97 Å². The van der Waals surface area contributed by atoms with Gasteiger partial charge in [-0.3, -0.25) is 4.79 Å². The smallest absolute Gasteiger partial charge is 0.328 e. The van der Waals surface area contributed by atoms with Gasteiger partial charge in [-0.2, -0.15) is 0 Å². The number of anilines is 1.